The monoisotopic (exact) mass is 394 g/mol. The second kappa shape index (κ2) is 6.60. The third-order valence-electron chi connectivity index (χ3n) is 5.34. The number of aliphatic carboxylic acids is 1. The molecule has 3 aliphatic heterocycles. The number of ether oxygens (including phenoxy) is 1. The minimum Gasteiger partial charge on any atom is -0.477 e. The number of rotatable bonds is 6. The minimum absolute atomic E-state index is 0.0288. The highest BCUT2D eigenvalue weighted by Gasteiger charge is 2.63. The van der Waals surface area contributed by atoms with E-state index < -0.39 is 18.0 Å². The van der Waals surface area contributed by atoms with Crippen molar-refractivity contribution < 1.29 is 24.2 Å². The average molecular weight is 394 g/mol. The van der Waals surface area contributed by atoms with Crippen LogP contribution in [0.1, 0.15) is 6.42 Å². The molecular formula is C15H18N6O5S. The smallest absolute Gasteiger partial charge is 0.352 e. The van der Waals surface area contributed by atoms with Crippen LogP contribution in [0.5, 0.6) is 0 Å². The number of methoxy groups -OCH3 is 1. The molecule has 27 heavy (non-hydrogen) atoms. The Morgan fingerprint density at radius 3 is 2.81 bits per heavy atom. The maximum atomic E-state index is 12.7. The van der Waals surface area contributed by atoms with Crippen LogP contribution in [0.15, 0.2) is 16.4 Å². The Kier molecular flexibility index (Phi) is 4.38. The van der Waals surface area contributed by atoms with E-state index in [0.717, 1.165) is 5.57 Å². The van der Waals surface area contributed by atoms with Crippen molar-refractivity contribution in [3.05, 3.63) is 11.3 Å². The topological polar surface area (TPSA) is 131 Å². The molecule has 3 atom stereocenters. The van der Waals surface area contributed by atoms with Crippen molar-refractivity contribution in [1.29, 1.82) is 0 Å². The number of β-lactam (4-membered cyclic amide) rings is 1. The molecule has 1 unspecified atom stereocenters. The number of nitrogens with zero attached hydrogens (tertiary/aromatic N) is 6. The van der Waals surface area contributed by atoms with Crippen molar-refractivity contribution in [2.45, 2.75) is 23.7 Å². The molecule has 0 radical (unpaired) electrons. The molecule has 0 bridgehead atoms. The SMILES string of the molecule is COC(=O)CN1CCC2C(CSc3nnnn3C)=C(C(=O)O)N3C(=O)[C@@H]1[C@@H]23. The maximum Gasteiger partial charge on any atom is 0.352 e. The van der Waals surface area contributed by atoms with E-state index in [0.29, 0.717) is 23.9 Å². The predicted octanol–water partition coefficient (Wildman–Crippen LogP) is -1.27. The molecule has 4 rings (SSSR count). The van der Waals surface area contributed by atoms with E-state index in [1.165, 1.54) is 28.5 Å². The van der Waals surface area contributed by atoms with Gasteiger partial charge >= 0.3 is 11.9 Å². The van der Waals surface area contributed by atoms with E-state index in [-0.39, 0.29) is 30.1 Å². The molecule has 0 spiro atoms. The number of thioether (sulfide) groups is 1. The summed E-state index contributed by atoms with van der Waals surface area (Å²) in [7, 11) is 3.02. The van der Waals surface area contributed by atoms with Crippen LogP contribution in [-0.4, -0.2) is 91.0 Å². The van der Waals surface area contributed by atoms with Crippen LogP contribution in [0.25, 0.3) is 0 Å². The molecule has 2 saturated heterocycles. The maximum absolute atomic E-state index is 12.7. The molecule has 0 saturated carbocycles. The fourth-order valence-corrected chi connectivity index (χ4v) is 5.11. The summed E-state index contributed by atoms with van der Waals surface area (Å²) in [6, 6.07) is -0.716. The van der Waals surface area contributed by atoms with Crippen LogP contribution in [0, 0.1) is 5.92 Å². The Hall–Kier alpha value is -2.47. The second-order valence-corrected chi connectivity index (χ2v) is 7.58. The first-order valence-electron chi connectivity index (χ1n) is 8.39. The number of piperidine rings is 1. The Bertz CT molecular complexity index is 854. The highest BCUT2D eigenvalue weighted by Crippen LogP contribution is 2.49. The fraction of sp³-hybridized carbons (Fsp3) is 0.600. The number of hydrogen-bond donors (Lipinski definition) is 1. The zero-order valence-electron chi connectivity index (χ0n) is 14.7. The van der Waals surface area contributed by atoms with Gasteiger partial charge in [-0.3, -0.25) is 19.4 Å². The molecule has 1 aromatic heterocycles. The van der Waals surface area contributed by atoms with E-state index in [9.17, 15) is 19.5 Å². The van der Waals surface area contributed by atoms with Gasteiger partial charge in [0.05, 0.1) is 19.7 Å². The Balaban J connectivity index is 1.58. The lowest BCUT2D eigenvalue weighted by molar-refractivity contribution is -0.165. The van der Waals surface area contributed by atoms with Gasteiger partial charge in [0.15, 0.2) is 0 Å². The molecule has 2 fully saturated rings. The summed E-state index contributed by atoms with van der Waals surface area (Å²) in [5.74, 6) is -1.44. The van der Waals surface area contributed by atoms with Gasteiger partial charge in [-0.1, -0.05) is 11.8 Å². The second-order valence-electron chi connectivity index (χ2n) is 6.64. The van der Waals surface area contributed by atoms with Crippen molar-refractivity contribution >= 4 is 29.6 Å². The largest absolute Gasteiger partial charge is 0.477 e. The number of likely N-dealkylation sites (tertiary alicyclic amines) is 1. The number of aromatic nitrogens is 4. The lowest BCUT2D eigenvalue weighted by Crippen LogP contribution is -2.73. The van der Waals surface area contributed by atoms with Crippen LogP contribution in [-0.2, 0) is 26.2 Å². The van der Waals surface area contributed by atoms with Crippen molar-refractivity contribution in [1.82, 2.24) is 30.0 Å². The molecule has 0 aromatic carbocycles. The van der Waals surface area contributed by atoms with Crippen molar-refractivity contribution in [3.63, 3.8) is 0 Å². The quantitative estimate of drug-likeness (QED) is 0.354. The number of amides is 1. The number of esters is 1. The summed E-state index contributed by atoms with van der Waals surface area (Å²) >= 11 is 1.34. The van der Waals surface area contributed by atoms with Gasteiger partial charge in [0.2, 0.25) is 11.1 Å². The number of carboxylic acid groups (broad SMARTS) is 1. The van der Waals surface area contributed by atoms with E-state index in [1.54, 1.807) is 11.9 Å². The molecule has 3 aliphatic rings. The van der Waals surface area contributed by atoms with Crippen molar-refractivity contribution in [3.8, 4) is 0 Å². The summed E-state index contributed by atoms with van der Waals surface area (Å²) in [6.45, 7) is 0.564. The Morgan fingerprint density at radius 2 is 2.19 bits per heavy atom. The summed E-state index contributed by atoms with van der Waals surface area (Å²) < 4.78 is 6.22. The normalized spacial score (nSPS) is 26.8. The van der Waals surface area contributed by atoms with Gasteiger partial charge in [-0.25, -0.2) is 9.48 Å². The third kappa shape index (κ3) is 2.70. The average Bonchev–Trinajstić information content (AvgIpc) is 3.18. The number of carbonyl (C=O) groups is 3. The molecule has 12 heteroatoms. The fourth-order valence-electron chi connectivity index (χ4n) is 4.16. The van der Waals surface area contributed by atoms with E-state index in [2.05, 4.69) is 15.5 Å². The van der Waals surface area contributed by atoms with Gasteiger partial charge in [0.25, 0.3) is 0 Å². The highest BCUT2D eigenvalue weighted by atomic mass is 32.2. The number of tetrazole rings is 1. The van der Waals surface area contributed by atoms with Gasteiger partial charge in [0.1, 0.15) is 11.7 Å². The van der Waals surface area contributed by atoms with Crippen molar-refractivity contribution in [2.24, 2.45) is 13.0 Å². The minimum atomic E-state index is -1.11. The van der Waals surface area contributed by atoms with Crippen LogP contribution in [0.3, 0.4) is 0 Å². The lowest BCUT2D eigenvalue weighted by Gasteiger charge is -2.53. The zero-order valence-corrected chi connectivity index (χ0v) is 15.5. The highest BCUT2D eigenvalue weighted by molar-refractivity contribution is 7.99. The molecule has 11 nitrogen and oxygen atoms in total. The van der Waals surface area contributed by atoms with Crippen LogP contribution >= 0.6 is 11.8 Å². The van der Waals surface area contributed by atoms with E-state index >= 15 is 0 Å². The molecular weight excluding hydrogens is 376 g/mol. The van der Waals surface area contributed by atoms with Gasteiger partial charge in [-0.2, -0.15) is 0 Å². The summed E-state index contributed by atoms with van der Waals surface area (Å²) in [5, 5.41) is 21.5. The number of hydrogen-bond acceptors (Lipinski definition) is 9. The summed E-state index contributed by atoms with van der Waals surface area (Å²) in [4.78, 5) is 39.3. The first kappa shape index (κ1) is 17.9. The van der Waals surface area contributed by atoms with Gasteiger partial charge < -0.3 is 9.84 Å². The molecule has 1 aromatic rings. The first-order chi connectivity index (χ1) is 12.9. The van der Waals surface area contributed by atoms with Crippen LogP contribution in [0.2, 0.25) is 0 Å². The predicted molar refractivity (Wildman–Crippen MR) is 90.3 cm³/mol. The standard InChI is InChI=1S/C15H18N6O5S/c1-19-15(16-17-18-19)27-6-8-7-3-4-20(5-9(22)26-2)12-10(7)21(13(12)23)11(8)14(24)25/h7,10,12H,3-6H2,1-2H3,(H,24,25)/t7?,10-,12+/m1/s1. The Morgan fingerprint density at radius 1 is 1.41 bits per heavy atom. The molecule has 0 aliphatic carbocycles. The van der Waals surface area contributed by atoms with E-state index in [4.69, 9.17) is 4.74 Å². The van der Waals surface area contributed by atoms with Crippen LogP contribution < -0.4 is 0 Å². The third-order valence-corrected chi connectivity index (χ3v) is 6.40. The molecule has 1 N–H and O–H groups in total. The van der Waals surface area contributed by atoms with Gasteiger partial charge in [0, 0.05) is 25.3 Å². The molecule has 144 valence electrons. The molecule has 1 amide bonds. The van der Waals surface area contributed by atoms with Gasteiger partial charge in [-0.05, 0) is 22.4 Å². The van der Waals surface area contributed by atoms with Crippen LogP contribution in [0.4, 0.5) is 0 Å². The van der Waals surface area contributed by atoms with Gasteiger partial charge in [-0.15, -0.1) is 5.10 Å². The number of carbonyl (C=O) groups excluding carboxylic acids is 2. The number of aryl methyl sites for hydroxylation is 1. The Labute approximate surface area is 158 Å². The summed E-state index contributed by atoms with van der Waals surface area (Å²) in [5.41, 5.74) is 0.794. The summed E-state index contributed by atoms with van der Waals surface area (Å²) in [6.07, 6.45) is 0.672. The van der Waals surface area contributed by atoms with E-state index in [1.807, 2.05) is 0 Å². The van der Waals surface area contributed by atoms with Crippen molar-refractivity contribution in [2.75, 3.05) is 26.0 Å². The zero-order chi connectivity index (χ0) is 19.3. The molecule has 4 heterocycles. The first-order valence-corrected chi connectivity index (χ1v) is 9.38. The lowest BCUT2D eigenvalue weighted by atomic mass is 9.78. The number of carboxylic acids is 1.